The molecular formula is C17H27FN4O3. The van der Waals surface area contributed by atoms with Crippen LogP contribution in [0.1, 0.15) is 51.9 Å². The van der Waals surface area contributed by atoms with Gasteiger partial charge in [-0.15, -0.1) is 0 Å². The maximum absolute atomic E-state index is 14.6. The van der Waals surface area contributed by atoms with Gasteiger partial charge in [0.15, 0.2) is 0 Å². The van der Waals surface area contributed by atoms with Crippen molar-refractivity contribution in [2.45, 2.75) is 53.6 Å². The number of hydrogen-bond acceptors (Lipinski definition) is 4. The van der Waals surface area contributed by atoms with Gasteiger partial charge < -0.3 is 15.8 Å². The van der Waals surface area contributed by atoms with Gasteiger partial charge in [0, 0.05) is 22.7 Å². The van der Waals surface area contributed by atoms with E-state index < -0.39 is 17.3 Å². The van der Waals surface area contributed by atoms with Crippen molar-refractivity contribution in [1.82, 2.24) is 15.1 Å². The second kappa shape index (κ2) is 7.67. The van der Waals surface area contributed by atoms with Gasteiger partial charge in [0.2, 0.25) is 0 Å². The smallest absolute Gasteiger partial charge is 0.404 e. The zero-order valence-electron chi connectivity index (χ0n) is 15.6. The highest BCUT2D eigenvalue weighted by molar-refractivity contribution is 5.94. The van der Waals surface area contributed by atoms with Crippen molar-refractivity contribution in [3.63, 3.8) is 0 Å². The molecule has 0 fully saturated rings. The Labute approximate surface area is 147 Å². The summed E-state index contributed by atoms with van der Waals surface area (Å²) in [7, 11) is 0. The number of nitrogens with zero attached hydrogens (tertiary/aromatic N) is 2. The van der Waals surface area contributed by atoms with E-state index >= 15 is 0 Å². The summed E-state index contributed by atoms with van der Waals surface area (Å²) in [4.78, 5) is 23.0. The first-order chi connectivity index (χ1) is 11.3. The topological polar surface area (TPSA) is 99.2 Å². The number of carbonyl (C=O) groups is 2. The van der Waals surface area contributed by atoms with E-state index in [9.17, 15) is 14.0 Å². The fraction of sp³-hybridized carbons (Fsp3) is 0.588. The highest BCUT2D eigenvalue weighted by atomic mass is 19.1. The Hall–Kier alpha value is -2.38. The van der Waals surface area contributed by atoms with Crippen LogP contribution in [0.2, 0.25) is 0 Å². The third-order valence-electron chi connectivity index (χ3n) is 3.09. The molecule has 0 unspecified atom stereocenters. The molecule has 3 N–H and O–H groups in total. The number of carbonyl (C=O) groups excluding carboxylic acids is 2. The summed E-state index contributed by atoms with van der Waals surface area (Å²) in [6.07, 6.45) is 1.94. The van der Waals surface area contributed by atoms with Gasteiger partial charge in [0.05, 0.1) is 18.3 Å². The SMILES string of the molecule is CC(C)(C)NC(=O)c1cnn(CC(COC(N)=O)=C(F)C(C)(C)C)c1. The molecule has 7 nitrogen and oxygen atoms in total. The van der Waals surface area contributed by atoms with Crippen molar-refractivity contribution in [3.05, 3.63) is 29.4 Å². The predicted molar refractivity (Wildman–Crippen MR) is 92.6 cm³/mol. The van der Waals surface area contributed by atoms with Crippen molar-refractivity contribution < 1.29 is 18.7 Å². The predicted octanol–water partition coefficient (Wildman–Crippen LogP) is 2.78. The largest absolute Gasteiger partial charge is 0.445 e. The van der Waals surface area contributed by atoms with Gasteiger partial charge >= 0.3 is 6.09 Å². The van der Waals surface area contributed by atoms with Crippen LogP contribution in [0.15, 0.2) is 23.8 Å². The second-order valence-corrected chi connectivity index (χ2v) is 7.91. The van der Waals surface area contributed by atoms with Gasteiger partial charge in [0.25, 0.3) is 5.91 Å². The van der Waals surface area contributed by atoms with Gasteiger partial charge in [-0.05, 0) is 20.8 Å². The zero-order valence-corrected chi connectivity index (χ0v) is 15.6. The Bertz CT molecular complexity index is 666. The monoisotopic (exact) mass is 354 g/mol. The lowest BCUT2D eigenvalue weighted by Gasteiger charge is -2.20. The quantitative estimate of drug-likeness (QED) is 0.849. The molecule has 1 aromatic rings. The molecule has 1 rings (SSSR count). The molecule has 0 bridgehead atoms. The lowest BCUT2D eigenvalue weighted by atomic mass is 9.92. The molecule has 1 heterocycles. The molecule has 0 radical (unpaired) electrons. The van der Waals surface area contributed by atoms with Crippen molar-refractivity contribution in [2.24, 2.45) is 11.1 Å². The number of primary amides is 1. The van der Waals surface area contributed by atoms with Crippen molar-refractivity contribution >= 4 is 12.0 Å². The van der Waals surface area contributed by atoms with E-state index in [4.69, 9.17) is 10.5 Å². The first kappa shape index (κ1) is 20.7. The fourth-order valence-electron chi connectivity index (χ4n) is 2.04. The first-order valence-corrected chi connectivity index (χ1v) is 7.95. The van der Waals surface area contributed by atoms with Crippen LogP contribution >= 0.6 is 0 Å². The fourth-order valence-corrected chi connectivity index (χ4v) is 2.04. The maximum atomic E-state index is 14.6. The van der Waals surface area contributed by atoms with Crippen LogP contribution in [0.4, 0.5) is 9.18 Å². The van der Waals surface area contributed by atoms with Crippen molar-refractivity contribution in [1.29, 1.82) is 0 Å². The second-order valence-electron chi connectivity index (χ2n) is 7.91. The Kier molecular flexibility index (Phi) is 6.34. The van der Waals surface area contributed by atoms with Crippen molar-refractivity contribution in [3.8, 4) is 0 Å². The molecule has 0 aliphatic carbocycles. The van der Waals surface area contributed by atoms with E-state index in [-0.39, 0.29) is 30.2 Å². The molecule has 8 heteroatoms. The van der Waals surface area contributed by atoms with Gasteiger partial charge in [-0.25, -0.2) is 9.18 Å². The average molecular weight is 354 g/mol. The Morgan fingerprint density at radius 1 is 1.28 bits per heavy atom. The number of ether oxygens (including phenoxy) is 1. The van der Waals surface area contributed by atoms with E-state index in [1.54, 1.807) is 20.8 Å². The van der Waals surface area contributed by atoms with Crippen molar-refractivity contribution in [2.75, 3.05) is 6.61 Å². The first-order valence-electron chi connectivity index (χ1n) is 7.95. The summed E-state index contributed by atoms with van der Waals surface area (Å²) < 4.78 is 20.8. The molecular weight excluding hydrogens is 327 g/mol. The highest BCUT2D eigenvalue weighted by Gasteiger charge is 2.23. The van der Waals surface area contributed by atoms with E-state index in [1.165, 1.54) is 17.1 Å². The summed E-state index contributed by atoms with van der Waals surface area (Å²) in [5, 5.41) is 6.91. The Balaban J connectivity index is 2.99. The van der Waals surface area contributed by atoms with E-state index in [2.05, 4.69) is 10.4 Å². The lowest BCUT2D eigenvalue weighted by Crippen LogP contribution is -2.40. The summed E-state index contributed by atoms with van der Waals surface area (Å²) in [5.74, 6) is -0.682. The van der Waals surface area contributed by atoms with Crippen LogP contribution in [0, 0.1) is 5.41 Å². The molecule has 0 atom stereocenters. The molecule has 0 saturated carbocycles. The number of halogens is 1. The summed E-state index contributed by atoms with van der Waals surface area (Å²) >= 11 is 0. The van der Waals surface area contributed by atoms with E-state index in [0.29, 0.717) is 5.56 Å². The molecule has 1 aromatic heterocycles. The average Bonchev–Trinajstić information content (AvgIpc) is 2.88. The van der Waals surface area contributed by atoms with Crippen LogP contribution in [0.5, 0.6) is 0 Å². The van der Waals surface area contributed by atoms with Gasteiger partial charge in [0.1, 0.15) is 12.4 Å². The standard InChI is InChI=1S/C17H27FN4O3/c1-16(2,3)13(18)12(10-25-15(19)24)9-22-8-11(7-20-22)14(23)21-17(4,5)6/h7-8H,9-10H2,1-6H3,(H2,19,24)(H,21,23). The lowest BCUT2D eigenvalue weighted by molar-refractivity contribution is 0.0919. The molecule has 140 valence electrons. The molecule has 0 aliphatic heterocycles. The maximum Gasteiger partial charge on any atom is 0.404 e. The number of nitrogens with one attached hydrogen (secondary N) is 1. The normalized spacial score (nSPS) is 13.2. The number of aromatic nitrogens is 2. The zero-order chi connectivity index (χ0) is 19.4. The number of hydrogen-bond donors (Lipinski definition) is 2. The van der Waals surface area contributed by atoms with Gasteiger partial charge in [-0.3, -0.25) is 9.48 Å². The molecule has 2 amide bonds. The number of allylic oxidation sites excluding steroid dienone is 1. The summed E-state index contributed by atoms with van der Waals surface area (Å²) in [5.41, 5.74) is 4.43. The van der Waals surface area contributed by atoms with Crippen LogP contribution in [0.3, 0.4) is 0 Å². The van der Waals surface area contributed by atoms with Crippen LogP contribution in [-0.2, 0) is 11.3 Å². The minimum atomic E-state index is -0.982. The minimum absolute atomic E-state index is 0.0409. The summed E-state index contributed by atoms with van der Waals surface area (Å²) in [6, 6.07) is 0. The van der Waals surface area contributed by atoms with Crippen LogP contribution < -0.4 is 11.1 Å². The summed E-state index contributed by atoms with van der Waals surface area (Å²) in [6.45, 7) is 10.5. The molecule has 0 saturated heterocycles. The third kappa shape index (κ3) is 6.94. The Morgan fingerprint density at radius 3 is 2.36 bits per heavy atom. The third-order valence-corrected chi connectivity index (χ3v) is 3.09. The van der Waals surface area contributed by atoms with E-state index in [1.807, 2.05) is 20.8 Å². The number of nitrogens with two attached hydrogens (primary N) is 1. The van der Waals surface area contributed by atoms with Gasteiger partial charge in [-0.1, -0.05) is 20.8 Å². The molecule has 25 heavy (non-hydrogen) atoms. The van der Waals surface area contributed by atoms with Crippen LogP contribution in [0.25, 0.3) is 0 Å². The van der Waals surface area contributed by atoms with E-state index in [0.717, 1.165) is 0 Å². The minimum Gasteiger partial charge on any atom is -0.445 e. The molecule has 0 aliphatic rings. The number of amides is 2. The molecule has 0 aromatic carbocycles. The molecule has 0 spiro atoms. The Morgan fingerprint density at radius 2 is 1.88 bits per heavy atom. The van der Waals surface area contributed by atoms with Gasteiger partial charge in [-0.2, -0.15) is 5.10 Å². The van der Waals surface area contributed by atoms with Crippen LogP contribution in [-0.4, -0.2) is 33.9 Å². The highest BCUT2D eigenvalue weighted by Crippen LogP contribution is 2.30. The number of rotatable bonds is 5.